The maximum atomic E-state index is 12.7. The zero-order valence-electron chi connectivity index (χ0n) is 18.8. The van der Waals surface area contributed by atoms with Crippen molar-refractivity contribution in [3.05, 3.63) is 52.4 Å². The Balaban J connectivity index is 1.94. The van der Waals surface area contributed by atoms with Crippen LogP contribution in [0.3, 0.4) is 0 Å². The second-order valence-electron chi connectivity index (χ2n) is 7.25. The summed E-state index contributed by atoms with van der Waals surface area (Å²) in [5.74, 6) is -0.153. The van der Waals surface area contributed by atoms with E-state index >= 15 is 0 Å². The number of nitrogens with zero attached hydrogens (tertiary/aromatic N) is 4. The van der Waals surface area contributed by atoms with E-state index in [1.807, 2.05) is 55.7 Å². The van der Waals surface area contributed by atoms with Crippen LogP contribution in [0.4, 0.5) is 5.13 Å². The topological polar surface area (TPSA) is 127 Å². The fourth-order valence-electron chi connectivity index (χ4n) is 3.26. The molecule has 3 aromatic rings. The van der Waals surface area contributed by atoms with E-state index in [4.69, 9.17) is 4.74 Å². The van der Waals surface area contributed by atoms with Gasteiger partial charge in [-0.15, -0.1) is 0 Å². The molecule has 0 unspecified atom stereocenters. The molecule has 0 spiro atoms. The highest BCUT2D eigenvalue weighted by Crippen LogP contribution is 2.30. The van der Waals surface area contributed by atoms with Gasteiger partial charge in [-0.1, -0.05) is 13.0 Å². The molecule has 0 fully saturated rings. The monoisotopic (exact) mass is 485 g/mol. The first-order chi connectivity index (χ1) is 15.6. The van der Waals surface area contributed by atoms with Gasteiger partial charge in [0.1, 0.15) is 17.4 Å². The Hall–Kier alpha value is -3.49. The maximum absolute atomic E-state index is 12.7. The molecule has 0 atom stereocenters. The molecule has 1 N–H and O–H groups in total. The summed E-state index contributed by atoms with van der Waals surface area (Å²) in [4.78, 5) is 16.5. The predicted molar refractivity (Wildman–Crippen MR) is 126 cm³/mol. The second-order valence-corrected chi connectivity index (χ2v) is 10.2. The third-order valence-electron chi connectivity index (χ3n) is 5.00. The normalized spacial score (nSPS) is 11.8. The van der Waals surface area contributed by atoms with E-state index in [0.29, 0.717) is 11.3 Å². The smallest absolute Gasteiger partial charge is 0.268 e. The van der Waals surface area contributed by atoms with Gasteiger partial charge in [-0.25, -0.2) is 8.42 Å². The van der Waals surface area contributed by atoms with Crippen molar-refractivity contribution in [2.45, 2.75) is 32.9 Å². The summed E-state index contributed by atoms with van der Waals surface area (Å²) in [7, 11) is -1.98. The number of carbonyl (C=O) groups is 1. The number of hydrogen-bond acceptors (Lipinski definition) is 8. The number of sulfone groups is 1. The summed E-state index contributed by atoms with van der Waals surface area (Å²) in [6, 6.07) is 9.62. The summed E-state index contributed by atoms with van der Waals surface area (Å²) < 4.78 is 35.0. The Bertz CT molecular complexity index is 1390. The molecule has 11 heteroatoms. The van der Waals surface area contributed by atoms with E-state index in [0.717, 1.165) is 34.2 Å². The number of amides is 1. The molecule has 9 nitrogen and oxygen atoms in total. The lowest BCUT2D eigenvalue weighted by Gasteiger charge is -2.14. The Morgan fingerprint density at radius 1 is 1.30 bits per heavy atom. The van der Waals surface area contributed by atoms with Crippen LogP contribution in [0, 0.1) is 32.1 Å². The van der Waals surface area contributed by atoms with Gasteiger partial charge >= 0.3 is 0 Å². The highest BCUT2D eigenvalue weighted by Gasteiger charge is 2.21. The van der Waals surface area contributed by atoms with E-state index in [-0.39, 0.29) is 21.6 Å². The summed E-state index contributed by atoms with van der Waals surface area (Å²) in [5.41, 5.74) is 4.18. The van der Waals surface area contributed by atoms with Gasteiger partial charge in [-0.2, -0.15) is 14.6 Å². The van der Waals surface area contributed by atoms with Gasteiger partial charge in [0, 0.05) is 22.9 Å². The Kier molecular flexibility index (Phi) is 7.00. The summed E-state index contributed by atoms with van der Waals surface area (Å²) in [6.07, 6.45) is 1.49. The summed E-state index contributed by atoms with van der Waals surface area (Å²) >= 11 is 0.740. The molecule has 0 aliphatic rings. The van der Waals surface area contributed by atoms with Crippen molar-refractivity contribution in [3.63, 3.8) is 0 Å². The fraction of sp³-hybridized carbons (Fsp3) is 0.273. The molecule has 1 amide bonds. The number of hydrogen-bond donors (Lipinski definition) is 1. The first-order valence-electron chi connectivity index (χ1n) is 9.94. The molecule has 172 valence electrons. The lowest BCUT2D eigenvalue weighted by molar-refractivity contribution is -0.112. The van der Waals surface area contributed by atoms with Crippen LogP contribution in [0.5, 0.6) is 5.75 Å². The second kappa shape index (κ2) is 9.56. The van der Waals surface area contributed by atoms with Gasteiger partial charge in [0.25, 0.3) is 11.1 Å². The molecule has 1 aromatic carbocycles. The van der Waals surface area contributed by atoms with Gasteiger partial charge in [0.15, 0.2) is 0 Å². The molecule has 0 bridgehead atoms. The van der Waals surface area contributed by atoms with E-state index in [1.165, 1.54) is 13.0 Å². The standard InChI is InChI=1S/C22H23N5O4S2/c1-6-33(29,30)22-25-21(32-26-22)24-20(28)17(12-23)11-16-10-14(3)27(15(16)4)18-9-13(2)7-8-19(18)31-5/h7-11H,6H2,1-5H3,(H,24,25,26,28)/b17-11-. The highest BCUT2D eigenvalue weighted by atomic mass is 32.2. The first kappa shape index (κ1) is 24.2. The van der Waals surface area contributed by atoms with Crippen molar-refractivity contribution < 1.29 is 17.9 Å². The van der Waals surface area contributed by atoms with Gasteiger partial charge in [0.2, 0.25) is 15.0 Å². The van der Waals surface area contributed by atoms with Crippen LogP contribution < -0.4 is 10.1 Å². The van der Waals surface area contributed by atoms with Gasteiger partial charge in [0.05, 0.1) is 18.6 Å². The van der Waals surface area contributed by atoms with Gasteiger partial charge < -0.3 is 9.30 Å². The Morgan fingerprint density at radius 3 is 2.67 bits per heavy atom. The van der Waals surface area contributed by atoms with Crippen LogP contribution in [0.2, 0.25) is 0 Å². The third kappa shape index (κ3) is 4.97. The lowest BCUT2D eigenvalue weighted by Crippen LogP contribution is -2.14. The molecule has 33 heavy (non-hydrogen) atoms. The average Bonchev–Trinajstić information content (AvgIpc) is 3.36. The van der Waals surface area contributed by atoms with Crippen molar-refractivity contribution >= 4 is 38.5 Å². The lowest BCUT2D eigenvalue weighted by atomic mass is 10.1. The molecule has 0 aliphatic heterocycles. The van der Waals surface area contributed by atoms with E-state index in [2.05, 4.69) is 14.7 Å². The summed E-state index contributed by atoms with van der Waals surface area (Å²) in [6.45, 7) is 7.28. The van der Waals surface area contributed by atoms with Crippen molar-refractivity contribution in [2.75, 3.05) is 18.2 Å². The number of carbonyl (C=O) groups excluding carboxylic acids is 1. The molecule has 2 heterocycles. The van der Waals surface area contributed by atoms with Crippen LogP contribution in [-0.2, 0) is 14.6 Å². The maximum Gasteiger partial charge on any atom is 0.268 e. The molecular formula is C22H23N5O4S2. The number of ether oxygens (including phenoxy) is 1. The first-order valence-corrected chi connectivity index (χ1v) is 12.4. The quantitative estimate of drug-likeness (QED) is 0.400. The van der Waals surface area contributed by atoms with Crippen LogP contribution in [0.1, 0.15) is 29.4 Å². The highest BCUT2D eigenvalue weighted by molar-refractivity contribution is 7.91. The Morgan fingerprint density at radius 2 is 2.03 bits per heavy atom. The van der Waals surface area contributed by atoms with Crippen molar-refractivity contribution in [3.8, 4) is 17.5 Å². The van der Waals surface area contributed by atoms with E-state index < -0.39 is 15.7 Å². The molecule has 0 aliphatic carbocycles. The van der Waals surface area contributed by atoms with Gasteiger partial charge in [-0.3, -0.25) is 10.1 Å². The molecular weight excluding hydrogens is 462 g/mol. The van der Waals surface area contributed by atoms with Crippen LogP contribution >= 0.6 is 11.5 Å². The molecule has 0 saturated carbocycles. The minimum atomic E-state index is -3.59. The van der Waals surface area contributed by atoms with E-state index in [1.54, 1.807) is 7.11 Å². The zero-order chi connectivity index (χ0) is 24.3. The number of nitriles is 1. The number of benzene rings is 1. The number of aromatic nitrogens is 3. The zero-order valence-corrected chi connectivity index (χ0v) is 20.5. The van der Waals surface area contributed by atoms with Crippen molar-refractivity contribution in [1.29, 1.82) is 5.26 Å². The summed E-state index contributed by atoms with van der Waals surface area (Å²) in [5, 5.41) is 11.7. The third-order valence-corrected chi connectivity index (χ3v) is 7.24. The number of methoxy groups -OCH3 is 1. The van der Waals surface area contributed by atoms with Crippen molar-refractivity contribution in [2.24, 2.45) is 0 Å². The van der Waals surface area contributed by atoms with Crippen molar-refractivity contribution in [1.82, 2.24) is 13.9 Å². The SMILES string of the molecule is CCS(=O)(=O)c1nsc(NC(=O)/C(C#N)=C\c2cc(C)n(-c3cc(C)ccc3OC)c2C)n1. The number of rotatable bonds is 7. The number of anilines is 1. The molecule has 3 rings (SSSR count). The fourth-order valence-corrected chi connectivity index (χ4v) is 4.85. The largest absolute Gasteiger partial charge is 0.495 e. The van der Waals surface area contributed by atoms with E-state index in [9.17, 15) is 18.5 Å². The van der Waals surface area contributed by atoms with Crippen LogP contribution in [-0.4, -0.2) is 41.1 Å². The minimum Gasteiger partial charge on any atom is -0.495 e. The molecule has 0 radical (unpaired) electrons. The van der Waals surface area contributed by atoms with Crippen LogP contribution in [0.15, 0.2) is 35.0 Å². The van der Waals surface area contributed by atoms with Crippen LogP contribution in [0.25, 0.3) is 11.8 Å². The molecule has 0 saturated heterocycles. The van der Waals surface area contributed by atoms with Gasteiger partial charge in [-0.05, 0) is 56.2 Å². The predicted octanol–water partition coefficient (Wildman–Crippen LogP) is 3.60. The Labute approximate surface area is 196 Å². The minimum absolute atomic E-state index is 0.00291. The number of nitrogens with one attached hydrogen (secondary N) is 1. The average molecular weight is 486 g/mol. The number of aryl methyl sites for hydroxylation is 2. The molecule has 2 aromatic heterocycles.